The van der Waals surface area contributed by atoms with E-state index in [4.69, 9.17) is 22.7 Å². The summed E-state index contributed by atoms with van der Waals surface area (Å²) in [5, 5.41) is 17.0. The molecule has 0 heterocycles. The number of ether oxygens (including phenoxy) is 1. The molecule has 2 aromatic rings. The van der Waals surface area contributed by atoms with Crippen LogP contribution in [0.1, 0.15) is 31.9 Å². The highest BCUT2D eigenvalue weighted by Gasteiger charge is 2.33. The largest absolute Gasteiger partial charge is 0.450 e. The van der Waals surface area contributed by atoms with Crippen molar-refractivity contribution in [3.63, 3.8) is 0 Å². The first kappa shape index (κ1) is 23.1. The molecule has 0 bridgehead atoms. The maximum atomic E-state index is 12.8. The van der Waals surface area contributed by atoms with Gasteiger partial charge in [-0.3, -0.25) is 10.1 Å². The summed E-state index contributed by atoms with van der Waals surface area (Å²) in [5.74, 6) is -0.0983. The van der Waals surface area contributed by atoms with Crippen molar-refractivity contribution < 1.29 is 22.8 Å². The van der Waals surface area contributed by atoms with Gasteiger partial charge in [-0.05, 0) is 75.0 Å². The van der Waals surface area contributed by atoms with Crippen molar-refractivity contribution in [1.29, 1.82) is 0 Å². The lowest BCUT2D eigenvalue weighted by atomic mass is 10.1. The molecule has 0 aromatic heterocycles. The normalized spacial score (nSPS) is 12.1. The van der Waals surface area contributed by atoms with Gasteiger partial charge >= 0.3 is 11.9 Å². The van der Waals surface area contributed by atoms with Crippen LogP contribution >= 0.6 is 12.2 Å². The molecule has 0 aliphatic carbocycles. The van der Waals surface area contributed by atoms with Crippen molar-refractivity contribution in [3.8, 4) is 11.5 Å². The highest BCUT2D eigenvalue weighted by molar-refractivity contribution is 7.80. The van der Waals surface area contributed by atoms with E-state index in [1.54, 1.807) is 12.1 Å². The van der Waals surface area contributed by atoms with E-state index in [9.17, 15) is 23.3 Å². The average Bonchev–Trinajstić information content (AvgIpc) is 2.61. The van der Waals surface area contributed by atoms with Gasteiger partial charge in [-0.1, -0.05) is 0 Å². The maximum absolute atomic E-state index is 12.8. The van der Waals surface area contributed by atoms with Gasteiger partial charge in [0.2, 0.25) is 5.75 Å². The fourth-order valence-electron chi connectivity index (χ4n) is 2.36. The van der Waals surface area contributed by atoms with E-state index >= 15 is 0 Å². The van der Waals surface area contributed by atoms with Crippen molar-refractivity contribution in [3.05, 3.63) is 63.7 Å². The van der Waals surface area contributed by atoms with Gasteiger partial charge in [0.05, 0.1) is 22.2 Å². The number of nitro groups is 1. The maximum Gasteiger partial charge on any atom is 0.416 e. The molecular formula is C19H19F3N4O3S. The first-order chi connectivity index (χ1) is 13.8. The summed E-state index contributed by atoms with van der Waals surface area (Å²) in [6.45, 7) is 5.66. The fraction of sp³-hybridized carbons (Fsp3) is 0.263. The molecule has 11 heteroatoms. The number of alkyl halides is 3. The van der Waals surface area contributed by atoms with Crippen molar-refractivity contribution in [2.24, 2.45) is 10.8 Å². The van der Waals surface area contributed by atoms with Crippen molar-refractivity contribution in [2.45, 2.75) is 32.5 Å². The molecule has 0 fully saturated rings. The van der Waals surface area contributed by atoms with E-state index in [0.29, 0.717) is 11.6 Å². The van der Waals surface area contributed by atoms with Crippen LogP contribution in [0.25, 0.3) is 0 Å². The number of hydrogen-bond donors (Lipinski definition) is 1. The number of hydrazone groups is 1. The lowest BCUT2D eigenvalue weighted by molar-refractivity contribution is -0.385. The zero-order chi connectivity index (χ0) is 22.7. The summed E-state index contributed by atoms with van der Waals surface area (Å²) >= 11 is 4.98. The zero-order valence-corrected chi connectivity index (χ0v) is 17.1. The minimum Gasteiger partial charge on any atom is -0.450 e. The van der Waals surface area contributed by atoms with Crippen molar-refractivity contribution in [2.75, 3.05) is 0 Å². The highest BCUT2D eigenvalue weighted by atomic mass is 32.1. The van der Waals surface area contributed by atoms with Gasteiger partial charge in [-0.2, -0.15) is 18.3 Å². The third kappa shape index (κ3) is 5.89. The quantitative estimate of drug-likeness (QED) is 0.301. The van der Waals surface area contributed by atoms with Crippen LogP contribution in [-0.4, -0.2) is 26.8 Å². The number of nitrogens with two attached hydrogens (primary N) is 1. The van der Waals surface area contributed by atoms with Crippen molar-refractivity contribution >= 4 is 29.2 Å². The smallest absolute Gasteiger partial charge is 0.416 e. The molecule has 0 saturated carbocycles. The van der Waals surface area contributed by atoms with E-state index in [0.717, 1.165) is 12.1 Å². The van der Waals surface area contributed by atoms with Gasteiger partial charge in [0.1, 0.15) is 5.75 Å². The number of nitrogens with zero attached hydrogens (tertiary/aromatic N) is 3. The Morgan fingerprint density at radius 2 is 1.80 bits per heavy atom. The van der Waals surface area contributed by atoms with E-state index in [2.05, 4.69) is 5.10 Å². The van der Waals surface area contributed by atoms with E-state index in [-0.39, 0.29) is 16.6 Å². The third-order valence-corrected chi connectivity index (χ3v) is 3.93. The van der Waals surface area contributed by atoms with E-state index < -0.39 is 27.9 Å². The molecule has 0 saturated heterocycles. The molecule has 0 unspecified atom stereocenters. The standard InChI is InChI=1S/C19H19F3N4O3S/c1-18(2,3)25(17(23)30)24-11-12-4-7-14(8-5-12)29-16-9-6-13(19(20,21)22)10-15(16)26(27)28/h4-11H,1-3H3,(H2,23,30)/b24-11-. The second kappa shape index (κ2) is 8.66. The van der Waals surface area contributed by atoms with Crippen LogP contribution in [-0.2, 0) is 6.18 Å². The lowest BCUT2D eigenvalue weighted by Gasteiger charge is -2.31. The van der Waals surface area contributed by atoms with E-state index in [1.807, 2.05) is 20.8 Å². The number of nitro benzene ring substituents is 1. The topological polar surface area (TPSA) is 94.0 Å². The van der Waals surface area contributed by atoms with Crippen molar-refractivity contribution in [1.82, 2.24) is 5.01 Å². The molecule has 30 heavy (non-hydrogen) atoms. The zero-order valence-electron chi connectivity index (χ0n) is 16.3. The fourth-order valence-corrected chi connectivity index (χ4v) is 2.68. The van der Waals surface area contributed by atoms with Crippen LogP contribution in [0.4, 0.5) is 18.9 Å². The Morgan fingerprint density at radius 3 is 2.27 bits per heavy atom. The first-order valence-electron chi connectivity index (χ1n) is 8.56. The molecular weight excluding hydrogens is 421 g/mol. The van der Waals surface area contributed by atoms with Gasteiger partial charge in [0.15, 0.2) is 5.11 Å². The molecule has 0 aliphatic rings. The lowest BCUT2D eigenvalue weighted by Crippen LogP contribution is -2.44. The summed E-state index contributed by atoms with van der Waals surface area (Å²) in [6, 6.07) is 8.33. The highest BCUT2D eigenvalue weighted by Crippen LogP contribution is 2.37. The Kier molecular flexibility index (Phi) is 6.66. The molecule has 0 aliphatic heterocycles. The summed E-state index contributed by atoms with van der Waals surface area (Å²) in [5.41, 5.74) is 3.99. The molecule has 2 N–H and O–H groups in total. The predicted molar refractivity (Wildman–Crippen MR) is 111 cm³/mol. The van der Waals surface area contributed by atoms with Crippen LogP contribution in [0.5, 0.6) is 11.5 Å². The Bertz CT molecular complexity index is 970. The number of halogens is 3. The van der Waals surface area contributed by atoms with Gasteiger partial charge in [-0.15, -0.1) is 0 Å². The Labute approximate surface area is 176 Å². The van der Waals surface area contributed by atoms with Crippen LogP contribution < -0.4 is 10.5 Å². The predicted octanol–water partition coefficient (Wildman–Crippen LogP) is 5.08. The number of rotatable bonds is 5. The van der Waals surface area contributed by atoms with Crippen LogP contribution in [0.3, 0.4) is 0 Å². The molecule has 160 valence electrons. The Balaban J connectivity index is 2.23. The molecule has 7 nitrogen and oxygen atoms in total. The second-order valence-corrected chi connectivity index (χ2v) is 7.59. The molecule has 2 rings (SSSR count). The van der Waals surface area contributed by atoms with Gasteiger partial charge in [0, 0.05) is 6.07 Å². The number of benzene rings is 2. The molecule has 0 spiro atoms. The summed E-state index contributed by atoms with van der Waals surface area (Å²) < 4.78 is 43.8. The molecule has 0 amide bonds. The minimum absolute atomic E-state index is 0.105. The summed E-state index contributed by atoms with van der Waals surface area (Å²) in [4.78, 5) is 10.2. The number of thiocarbonyl (C=S) groups is 1. The summed E-state index contributed by atoms with van der Waals surface area (Å²) in [7, 11) is 0. The average molecular weight is 440 g/mol. The minimum atomic E-state index is -4.70. The third-order valence-electron chi connectivity index (χ3n) is 3.76. The Hall–Kier alpha value is -3.21. The van der Waals surface area contributed by atoms with E-state index in [1.165, 1.54) is 23.4 Å². The first-order valence-corrected chi connectivity index (χ1v) is 8.97. The van der Waals surface area contributed by atoms with Gasteiger partial charge in [0.25, 0.3) is 0 Å². The number of hydrogen-bond acceptors (Lipinski definition) is 5. The second-order valence-electron chi connectivity index (χ2n) is 7.17. The SMILES string of the molecule is CC(C)(C)N(/N=C\c1ccc(Oc2ccc(C(F)(F)F)cc2[N+](=O)[O-])cc1)C(N)=S. The molecule has 0 atom stereocenters. The van der Waals surface area contributed by atoms with Crippen LogP contribution in [0.15, 0.2) is 47.6 Å². The van der Waals surface area contributed by atoms with Crippen LogP contribution in [0, 0.1) is 10.1 Å². The molecule has 2 aromatic carbocycles. The molecule has 0 radical (unpaired) electrons. The monoisotopic (exact) mass is 440 g/mol. The van der Waals surface area contributed by atoms with Crippen LogP contribution in [0.2, 0.25) is 0 Å². The summed E-state index contributed by atoms with van der Waals surface area (Å²) in [6.07, 6.45) is -3.17. The Morgan fingerprint density at radius 1 is 1.20 bits per heavy atom. The van der Waals surface area contributed by atoms with Gasteiger partial charge < -0.3 is 10.5 Å². The van der Waals surface area contributed by atoms with Gasteiger partial charge in [-0.25, -0.2) is 5.01 Å².